The maximum Gasteiger partial charge on any atom is 0.191 e. The fraction of sp³-hybridized carbons (Fsp3) is 0.611. The summed E-state index contributed by atoms with van der Waals surface area (Å²) in [4.78, 5) is 10.9. The molecule has 1 aromatic carbocycles. The number of rotatable bonds is 7. The molecule has 0 aromatic heterocycles. The fourth-order valence-electron chi connectivity index (χ4n) is 2.69. The molecule has 1 fully saturated rings. The molecule has 0 saturated carbocycles. The number of thioether (sulfide) groups is 1. The van der Waals surface area contributed by atoms with Gasteiger partial charge in [-0.3, -0.25) is 9.89 Å². The zero-order chi connectivity index (χ0) is 17.2. The summed E-state index contributed by atoms with van der Waals surface area (Å²) in [5, 5.41) is 6.79. The van der Waals surface area contributed by atoms with Gasteiger partial charge in [0, 0.05) is 49.4 Å². The summed E-state index contributed by atoms with van der Waals surface area (Å²) >= 11 is 1.87. The molecule has 0 spiro atoms. The number of nitrogens with zero attached hydrogens (tertiary/aromatic N) is 3. The molecule has 1 heterocycles. The van der Waals surface area contributed by atoms with Crippen LogP contribution >= 0.6 is 35.7 Å². The Kier molecular flexibility index (Phi) is 11.5. The van der Waals surface area contributed by atoms with Crippen molar-refractivity contribution < 1.29 is 0 Å². The second-order valence-corrected chi connectivity index (χ2v) is 7.37. The van der Waals surface area contributed by atoms with Crippen molar-refractivity contribution in [1.82, 2.24) is 20.4 Å². The molecule has 1 atom stereocenters. The Morgan fingerprint density at radius 2 is 1.96 bits per heavy atom. The predicted octanol–water partition coefficient (Wildman–Crippen LogP) is 2.20. The molecule has 7 heteroatoms. The van der Waals surface area contributed by atoms with Gasteiger partial charge in [0.1, 0.15) is 0 Å². The maximum absolute atomic E-state index is 4.78. The minimum absolute atomic E-state index is 0. The predicted molar refractivity (Wildman–Crippen MR) is 120 cm³/mol. The van der Waals surface area contributed by atoms with E-state index in [0.29, 0.717) is 6.04 Å². The van der Waals surface area contributed by atoms with E-state index < -0.39 is 0 Å². The number of hydrogen-bond donors (Lipinski definition) is 2. The van der Waals surface area contributed by atoms with E-state index >= 15 is 0 Å². The van der Waals surface area contributed by atoms with Gasteiger partial charge in [-0.2, -0.15) is 0 Å². The molecule has 25 heavy (non-hydrogen) atoms. The highest BCUT2D eigenvalue weighted by molar-refractivity contribution is 14.0. The number of nitrogens with one attached hydrogen (secondary N) is 2. The Balaban J connectivity index is 0.00000312. The van der Waals surface area contributed by atoms with Gasteiger partial charge in [-0.05, 0) is 33.2 Å². The summed E-state index contributed by atoms with van der Waals surface area (Å²) in [6, 6.07) is 11.0. The third kappa shape index (κ3) is 8.61. The van der Waals surface area contributed by atoms with Crippen LogP contribution in [0.25, 0.3) is 0 Å². The Bertz CT molecular complexity index is 499. The average molecular weight is 477 g/mol. The van der Waals surface area contributed by atoms with Gasteiger partial charge in [-0.25, -0.2) is 0 Å². The molecule has 0 amide bonds. The summed E-state index contributed by atoms with van der Waals surface area (Å²) in [7, 11) is 4.39. The lowest BCUT2D eigenvalue weighted by Crippen LogP contribution is -2.51. The van der Waals surface area contributed by atoms with E-state index in [-0.39, 0.29) is 24.0 Å². The standard InChI is InChI=1S/C18H31N5S.HI/c1-4-19-18(20-10-13-24-17-8-6-5-7-9-17)21-14-16-15-22(2)11-12-23(16)3;/h5-9,16H,4,10-15H2,1-3H3,(H2,19,20,21);1H. The van der Waals surface area contributed by atoms with E-state index in [0.717, 1.165) is 51.0 Å². The first-order valence-corrected chi connectivity index (χ1v) is 9.76. The number of halogens is 1. The Morgan fingerprint density at radius 3 is 2.68 bits per heavy atom. The Morgan fingerprint density at radius 1 is 1.20 bits per heavy atom. The lowest BCUT2D eigenvalue weighted by atomic mass is 10.2. The zero-order valence-electron chi connectivity index (χ0n) is 15.6. The van der Waals surface area contributed by atoms with Gasteiger partial charge in [-0.1, -0.05) is 18.2 Å². The number of aliphatic imine (C=N–C) groups is 1. The molecule has 2 rings (SSSR count). The molecule has 1 saturated heterocycles. The summed E-state index contributed by atoms with van der Waals surface area (Å²) in [6.07, 6.45) is 0. The Labute approximate surface area is 174 Å². The van der Waals surface area contributed by atoms with Crippen LogP contribution in [0.5, 0.6) is 0 Å². The van der Waals surface area contributed by atoms with E-state index in [1.165, 1.54) is 4.90 Å². The molecule has 142 valence electrons. The first kappa shape index (κ1) is 22.5. The van der Waals surface area contributed by atoms with Gasteiger partial charge in [0.05, 0.1) is 6.54 Å². The molecule has 0 bridgehead atoms. The van der Waals surface area contributed by atoms with Crippen molar-refractivity contribution in [2.24, 2.45) is 4.99 Å². The van der Waals surface area contributed by atoms with Crippen LogP contribution in [0.3, 0.4) is 0 Å². The van der Waals surface area contributed by atoms with Gasteiger partial charge in [0.2, 0.25) is 0 Å². The van der Waals surface area contributed by atoms with Crippen molar-refractivity contribution in [2.75, 3.05) is 59.1 Å². The average Bonchev–Trinajstić information content (AvgIpc) is 2.60. The largest absolute Gasteiger partial charge is 0.357 e. The second kappa shape index (κ2) is 12.8. The maximum atomic E-state index is 4.78. The third-order valence-corrected chi connectivity index (χ3v) is 5.20. The first-order valence-electron chi connectivity index (χ1n) is 8.78. The van der Waals surface area contributed by atoms with Crippen molar-refractivity contribution >= 4 is 41.7 Å². The van der Waals surface area contributed by atoms with Gasteiger partial charge in [-0.15, -0.1) is 35.7 Å². The van der Waals surface area contributed by atoms with Crippen LogP contribution in [0, 0.1) is 0 Å². The minimum Gasteiger partial charge on any atom is -0.357 e. The highest BCUT2D eigenvalue weighted by Crippen LogP contribution is 2.15. The van der Waals surface area contributed by atoms with Crippen LogP contribution in [0.15, 0.2) is 40.2 Å². The summed E-state index contributed by atoms with van der Waals surface area (Å²) in [5.74, 6) is 1.95. The zero-order valence-corrected chi connectivity index (χ0v) is 18.7. The molecule has 2 N–H and O–H groups in total. The van der Waals surface area contributed by atoms with E-state index in [9.17, 15) is 0 Å². The highest BCUT2D eigenvalue weighted by Gasteiger charge is 2.21. The third-order valence-electron chi connectivity index (χ3n) is 4.19. The van der Waals surface area contributed by atoms with Crippen molar-refractivity contribution in [3.63, 3.8) is 0 Å². The highest BCUT2D eigenvalue weighted by atomic mass is 127. The molecular weight excluding hydrogens is 445 g/mol. The van der Waals surface area contributed by atoms with Gasteiger partial charge < -0.3 is 15.5 Å². The molecule has 1 aliphatic rings. The normalized spacial score (nSPS) is 19.3. The van der Waals surface area contributed by atoms with E-state index in [1.807, 2.05) is 11.8 Å². The van der Waals surface area contributed by atoms with Crippen LogP contribution in [-0.4, -0.2) is 80.9 Å². The summed E-state index contributed by atoms with van der Waals surface area (Å²) in [5.41, 5.74) is 0. The van der Waals surface area contributed by atoms with Crippen molar-refractivity contribution in [3.05, 3.63) is 30.3 Å². The number of benzene rings is 1. The molecule has 1 aromatic rings. The van der Waals surface area contributed by atoms with E-state index in [4.69, 9.17) is 4.99 Å². The number of piperazine rings is 1. The van der Waals surface area contributed by atoms with Crippen LogP contribution in [0.4, 0.5) is 0 Å². The topological polar surface area (TPSA) is 42.9 Å². The van der Waals surface area contributed by atoms with Crippen LogP contribution in [0.1, 0.15) is 6.92 Å². The number of hydrogen-bond acceptors (Lipinski definition) is 4. The van der Waals surface area contributed by atoms with Crippen LogP contribution < -0.4 is 10.6 Å². The molecule has 5 nitrogen and oxygen atoms in total. The Hall–Kier alpha value is -0.510. The molecule has 0 aliphatic carbocycles. The lowest BCUT2D eigenvalue weighted by Gasteiger charge is -2.36. The monoisotopic (exact) mass is 477 g/mol. The molecule has 1 unspecified atom stereocenters. The smallest absolute Gasteiger partial charge is 0.191 e. The molecular formula is C18H32IN5S. The lowest BCUT2D eigenvalue weighted by molar-refractivity contribution is 0.119. The van der Waals surface area contributed by atoms with Gasteiger partial charge in [0.15, 0.2) is 5.96 Å². The first-order chi connectivity index (χ1) is 11.7. The van der Waals surface area contributed by atoms with Gasteiger partial charge in [0.25, 0.3) is 0 Å². The van der Waals surface area contributed by atoms with E-state index in [2.05, 4.69) is 71.8 Å². The van der Waals surface area contributed by atoms with Crippen LogP contribution in [0.2, 0.25) is 0 Å². The summed E-state index contributed by atoms with van der Waals surface area (Å²) in [6.45, 7) is 8.09. The second-order valence-electron chi connectivity index (χ2n) is 6.20. The quantitative estimate of drug-likeness (QED) is 0.207. The minimum atomic E-state index is 0. The van der Waals surface area contributed by atoms with Crippen molar-refractivity contribution in [3.8, 4) is 0 Å². The fourth-order valence-corrected chi connectivity index (χ4v) is 3.48. The number of likely N-dealkylation sites (N-methyl/N-ethyl adjacent to an activating group) is 2. The van der Waals surface area contributed by atoms with Gasteiger partial charge >= 0.3 is 0 Å². The molecule has 1 aliphatic heterocycles. The summed E-state index contributed by atoms with van der Waals surface area (Å²) < 4.78 is 0. The SMILES string of the molecule is CCNC(=NCC1CN(C)CCN1C)NCCSc1ccccc1.I. The van der Waals surface area contributed by atoms with Crippen LogP contribution in [-0.2, 0) is 0 Å². The van der Waals surface area contributed by atoms with E-state index in [1.54, 1.807) is 0 Å². The van der Waals surface area contributed by atoms with Crippen molar-refractivity contribution in [1.29, 1.82) is 0 Å². The van der Waals surface area contributed by atoms with Crippen molar-refractivity contribution in [2.45, 2.75) is 17.9 Å². The number of guanidine groups is 1. The molecule has 0 radical (unpaired) electrons.